The van der Waals surface area contributed by atoms with Crippen molar-refractivity contribution in [2.24, 2.45) is 0 Å². The van der Waals surface area contributed by atoms with Gasteiger partial charge >= 0.3 is 5.97 Å². The van der Waals surface area contributed by atoms with Crippen LogP contribution in [0.5, 0.6) is 5.75 Å². The molecule has 32 heavy (non-hydrogen) atoms. The molecular weight excluding hydrogens is 430 g/mol. The molecule has 0 saturated heterocycles. The fraction of sp³-hybridized carbons (Fsp3) is 0.130. The van der Waals surface area contributed by atoms with Gasteiger partial charge in [-0.15, -0.1) is 11.3 Å². The van der Waals surface area contributed by atoms with Crippen LogP contribution in [0.25, 0.3) is 11.4 Å². The molecule has 1 N–H and O–H groups in total. The second kappa shape index (κ2) is 9.88. The van der Waals surface area contributed by atoms with Crippen molar-refractivity contribution < 1.29 is 23.6 Å². The summed E-state index contributed by atoms with van der Waals surface area (Å²) >= 11 is 1.31. The second-order valence-electron chi connectivity index (χ2n) is 6.49. The fourth-order valence-electron chi connectivity index (χ4n) is 2.92. The highest BCUT2D eigenvalue weighted by atomic mass is 32.1. The Bertz CT molecular complexity index is 1220. The normalized spacial score (nSPS) is 10.5. The van der Waals surface area contributed by atoms with Crippen molar-refractivity contribution in [3.8, 4) is 17.1 Å². The summed E-state index contributed by atoms with van der Waals surface area (Å²) in [4.78, 5) is 29.8. The number of esters is 1. The van der Waals surface area contributed by atoms with Crippen LogP contribution in [0.15, 0.2) is 70.6 Å². The van der Waals surface area contributed by atoms with Crippen molar-refractivity contribution in [1.82, 2.24) is 10.1 Å². The van der Waals surface area contributed by atoms with Crippen LogP contribution in [0.1, 0.15) is 32.8 Å². The van der Waals surface area contributed by atoms with Gasteiger partial charge in [0, 0.05) is 0 Å². The van der Waals surface area contributed by atoms with Crippen LogP contribution in [0.2, 0.25) is 0 Å². The minimum absolute atomic E-state index is 0.139. The van der Waals surface area contributed by atoms with Crippen molar-refractivity contribution in [3.63, 3.8) is 0 Å². The van der Waals surface area contributed by atoms with Gasteiger partial charge in [0.15, 0.2) is 6.61 Å². The van der Waals surface area contributed by atoms with Gasteiger partial charge in [0.05, 0.1) is 28.3 Å². The van der Waals surface area contributed by atoms with E-state index in [4.69, 9.17) is 14.0 Å². The first-order valence-electron chi connectivity index (χ1n) is 9.81. The fourth-order valence-corrected chi connectivity index (χ4v) is 3.54. The van der Waals surface area contributed by atoms with E-state index in [1.54, 1.807) is 41.8 Å². The third-order valence-corrected chi connectivity index (χ3v) is 5.23. The van der Waals surface area contributed by atoms with Gasteiger partial charge in [0.2, 0.25) is 5.82 Å². The summed E-state index contributed by atoms with van der Waals surface area (Å²) in [5.41, 5.74) is 1.25. The predicted molar refractivity (Wildman–Crippen MR) is 119 cm³/mol. The van der Waals surface area contributed by atoms with Crippen LogP contribution in [0.4, 0.5) is 5.69 Å². The van der Waals surface area contributed by atoms with Crippen molar-refractivity contribution >= 4 is 28.9 Å². The zero-order valence-electron chi connectivity index (χ0n) is 17.1. The third-order valence-electron chi connectivity index (χ3n) is 4.36. The average Bonchev–Trinajstić information content (AvgIpc) is 3.51. The molecule has 162 valence electrons. The summed E-state index contributed by atoms with van der Waals surface area (Å²) in [6.45, 7) is 2.18. The number of rotatable bonds is 8. The number of carbonyl (C=O) groups is 2. The molecule has 0 bridgehead atoms. The summed E-state index contributed by atoms with van der Waals surface area (Å²) in [7, 11) is 0. The molecule has 2 aromatic heterocycles. The molecular formula is C23H19N3O5S. The number of nitrogens with zero attached hydrogens (tertiary/aromatic N) is 2. The molecule has 9 heteroatoms. The lowest BCUT2D eigenvalue weighted by atomic mass is 10.2. The van der Waals surface area contributed by atoms with Crippen LogP contribution in [-0.2, 0) is 11.3 Å². The van der Waals surface area contributed by atoms with Gasteiger partial charge in [-0.1, -0.05) is 35.5 Å². The smallest absolute Gasteiger partial charge is 0.340 e. The summed E-state index contributed by atoms with van der Waals surface area (Å²) in [6, 6.07) is 17.4. The maximum atomic E-state index is 12.6. The third kappa shape index (κ3) is 4.84. The zero-order chi connectivity index (χ0) is 22.3. The van der Waals surface area contributed by atoms with Crippen molar-refractivity contribution in [2.45, 2.75) is 13.5 Å². The molecule has 0 fully saturated rings. The van der Waals surface area contributed by atoms with Crippen molar-refractivity contribution in [3.05, 3.63) is 82.4 Å². The van der Waals surface area contributed by atoms with E-state index in [1.807, 2.05) is 31.2 Å². The number of hydrogen-bond acceptors (Lipinski definition) is 8. The molecule has 4 rings (SSSR count). The standard InChI is InChI=1S/C23H19N3O5S/c1-2-29-18-11-6-4-9-16(18)21-25-20(31-26-21)14-30-23(28)15-8-3-5-10-17(15)24-22(27)19-12-7-13-32-19/h3-13H,2,14H2,1H3,(H,24,27). The van der Waals surface area contributed by atoms with Gasteiger partial charge in [-0.2, -0.15) is 4.98 Å². The molecule has 8 nitrogen and oxygen atoms in total. The molecule has 0 aliphatic carbocycles. The molecule has 2 heterocycles. The Labute approximate surface area is 187 Å². The van der Waals surface area contributed by atoms with Crippen molar-refractivity contribution in [1.29, 1.82) is 0 Å². The molecule has 0 unspecified atom stereocenters. The quantitative estimate of drug-likeness (QED) is 0.385. The van der Waals surface area contributed by atoms with Crippen LogP contribution >= 0.6 is 11.3 Å². The highest BCUT2D eigenvalue weighted by Gasteiger charge is 2.18. The van der Waals surface area contributed by atoms with Gasteiger partial charge in [-0.3, -0.25) is 4.79 Å². The lowest BCUT2D eigenvalue weighted by Crippen LogP contribution is -2.15. The largest absolute Gasteiger partial charge is 0.493 e. The number of aromatic nitrogens is 2. The Morgan fingerprint density at radius 1 is 1.06 bits per heavy atom. The monoisotopic (exact) mass is 449 g/mol. The number of para-hydroxylation sites is 2. The van der Waals surface area contributed by atoms with E-state index in [1.165, 1.54) is 11.3 Å². The molecule has 4 aromatic rings. The first kappa shape index (κ1) is 21.3. The van der Waals surface area contributed by atoms with E-state index in [0.29, 0.717) is 34.3 Å². The molecule has 0 radical (unpaired) electrons. The zero-order valence-corrected chi connectivity index (χ0v) is 17.9. The molecule has 2 aromatic carbocycles. The van der Waals surface area contributed by atoms with E-state index in [9.17, 15) is 9.59 Å². The van der Waals surface area contributed by atoms with Crippen molar-refractivity contribution in [2.75, 3.05) is 11.9 Å². The molecule has 0 aliphatic rings. The Morgan fingerprint density at radius 2 is 1.88 bits per heavy atom. The van der Waals surface area contributed by atoms with Gasteiger partial charge < -0.3 is 19.3 Å². The Balaban J connectivity index is 1.44. The number of anilines is 1. The highest BCUT2D eigenvalue weighted by molar-refractivity contribution is 7.12. The van der Waals surface area contributed by atoms with Gasteiger partial charge in [-0.05, 0) is 42.6 Å². The predicted octanol–water partition coefficient (Wildman–Crippen LogP) is 4.81. The minimum atomic E-state index is -0.624. The van der Waals surface area contributed by atoms with E-state index in [-0.39, 0.29) is 24.0 Å². The van der Waals surface area contributed by atoms with E-state index >= 15 is 0 Å². The van der Waals surface area contributed by atoms with Gasteiger partial charge in [-0.25, -0.2) is 4.79 Å². The van der Waals surface area contributed by atoms with E-state index in [0.717, 1.165) is 0 Å². The van der Waals surface area contributed by atoms with Crippen LogP contribution < -0.4 is 10.1 Å². The number of carbonyl (C=O) groups excluding carboxylic acids is 2. The van der Waals surface area contributed by atoms with Crippen LogP contribution in [-0.4, -0.2) is 28.6 Å². The number of hydrogen-bond donors (Lipinski definition) is 1. The highest BCUT2D eigenvalue weighted by Crippen LogP contribution is 2.27. The number of ether oxygens (including phenoxy) is 2. The van der Waals surface area contributed by atoms with Crippen LogP contribution in [0.3, 0.4) is 0 Å². The Hall–Kier alpha value is -3.98. The SMILES string of the molecule is CCOc1ccccc1-c1noc(COC(=O)c2ccccc2NC(=O)c2cccs2)n1. The lowest BCUT2D eigenvalue weighted by molar-refractivity contribution is 0.0431. The molecule has 0 atom stereocenters. The maximum absolute atomic E-state index is 12.6. The number of benzene rings is 2. The van der Waals surface area contributed by atoms with Gasteiger partial charge in [0.25, 0.3) is 11.8 Å². The molecule has 1 amide bonds. The van der Waals surface area contributed by atoms with E-state index in [2.05, 4.69) is 15.5 Å². The Kier molecular flexibility index (Phi) is 6.57. The first-order valence-corrected chi connectivity index (χ1v) is 10.7. The summed E-state index contributed by atoms with van der Waals surface area (Å²) in [5, 5.41) is 8.50. The molecule has 0 spiro atoms. The number of nitrogens with one attached hydrogen (secondary N) is 1. The Morgan fingerprint density at radius 3 is 2.69 bits per heavy atom. The average molecular weight is 449 g/mol. The molecule has 0 saturated carbocycles. The first-order chi connectivity index (χ1) is 15.7. The minimum Gasteiger partial charge on any atom is -0.493 e. The second-order valence-corrected chi connectivity index (χ2v) is 7.44. The summed E-state index contributed by atoms with van der Waals surface area (Å²) in [5.74, 6) is 0.189. The summed E-state index contributed by atoms with van der Waals surface area (Å²) < 4.78 is 16.1. The number of thiophene rings is 1. The summed E-state index contributed by atoms with van der Waals surface area (Å²) in [6.07, 6.45) is 0. The molecule has 0 aliphatic heterocycles. The number of amides is 1. The van der Waals surface area contributed by atoms with Crippen LogP contribution in [0, 0.1) is 0 Å². The van der Waals surface area contributed by atoms with E-state index < -0.39 is 5.97 Å². The lowest BCUT2D eigenvalue weighted by Gasteiger charge is -2.09. The van der Waals surface area contributed by atoms with Gasteiger partial charge in [0.1, 0.15) is 5.75 Å². The topological polar surface area (TPSA) is 104 Å². The maximum Gasteiger partial charge on any atom is 0.340 e.